The number of hydrogen-bond acceptors (Lipinski definition) is 3. The second kappa shape index (κ2) is 4.63. The van der Waals surface area contributed by atoms with E-state index in [1.165, 1.54) is 23.5 Å². The molecule has 0 amide bonds. The Morgan fingerprint density at radius 2 is 2.06 bits per heavy atom. The Morgan fingerprint density at radius 1 is 1.35 bits per heavy atom. The molecule has 90 valence electrons. The molecular weight excluding hydrogens is 259 g/mol. The van der Waals surface area contributed by atoms with Crippen LogP contribution in [-0.2, 0) is 0 Å². The maximum absolute atomic E-state index is 13.3. The maximum atomic E-state index is 13.3. The summed E-state index contributed by atoms with van der Waals surface area (Å²) in [7, 11) is 0. The molecule has 0 saturated carbocycles. The summed E-state index contributed by atoms with van der Waals surface area (Å²) >= 11 is 7.25. The number of halogens is 2. The third-order valence-electron chi connectivity index (χ3n) is 2.30. The van der Waals surface area contributed by atoms with Gasteiger partial charge in [-0.2, -0.15) is 0 Å². The van der Waals surface area contributed by atoms with Crippen LogP contribution in [0.3, 0.4) is 0 Å². The highest BCUT2D eigenvalue weighted by Gasteiger charge is 2.14. The van der Waals surface area contributed by atoms with Crippen LogP contribution < -0.4 is 5.73 Å². The van der Waals surface area contributed by atoms with Crippen molar-refractivity contribution in [2.45, 2.75) is 19.8 Å². The molecule has 0 aliphatic carbocycles. The predicted molar refractivity (Wildman–Crippen MR) is 71.0 cm³/mol. The average Bonchev–Trinajstić information content (AvgIpc) is 2.59. The Hall–Kier alpha value is -1.13. The molecule has 0 atom stereocenters. The van der Waals surface area contributed by atoms with Crippen molar-refractivity contribution in [1.82, 2.24) is 4.98 Å². The van der Waals surface area contributed by atoms with E-state index in [4.69, 9.17) is 17.3 Å². The first kappa shape index (κ1) is 12.3. The summed E-state index contributed by atoms with van der Waals surface area (Å²) in [5.41, 5.74) is 7.13. The van der Waals surface area contributed by atoms with Gasteiger partial charge < -0.3 is 5.73 Å². The zero-order valence-corrected chi connectivity index (χ0v) is 11.1. The Balaban J connectivity index is 2.52. The monoisotopic (exact) mass is 270 g/mol. The van der Waals surface area contributed by atoms with Crippen LogP contribution in [0.5, 0.6) is 0 Å². The van der Waals surface area contributed by atoms with Gasteiger partial charge in [0.25, 0.3) is 0 Å². The zero-order valence-electron chi connectivity index (χ0n) is 9.50. The lowest BCUT2D eigenvalue weighted by atomic mass is 10.1. The molecule has 2 nitrogen and oxygen atoms in total. The van der Waals surface area contributed by atoms with Crippen LogP contribution in [0.25, 0.3) is 11.3 Å². The summed E-state index contributed by atoms with van der Waals surface area (Å²) < 4.78 is 13.3. The quantitative estimate of drug-likeness (QED) is 0.883. The first-order valence-corrected chi connectivity index (χ1v) is 6.39. The van der Waals surface area contributed by atoms with Gasteiger partial charge >= 0.3 is 0 Å². The van der Waals surface area contributed by atoms with Crippen molar-refractivity contribution in [1.29, 1.82) is 0 Å². The minimum Gasteiger partial charge on any atom is -0.389 e. The lowest BCUT2D eigenvalue weighted by molar-refractivity contribution is 0.628. The molecule has 2 aromatic rings. The fourth-order valence-corrected chi connectivity index (χ4v) is 2.57. The van der Waals surface area contributed by atoms with Crippen LogP contribution in [-0.4, -0.2) is 4.98 Å². The summed E-state index contributed by atoms with van der Waals surface area (Å²) in [4.78, 5) is 4.43. The lowest BCUT2D eigenvalue weighted by Crippen LogP contribution is -1.88. The van der Waals surface area contributed by atoms with Gasteiger partial charge in [-0.15, -0.1) is 11.3 Å². The molecule has 0 saturated heterocycles. The van der Waals surface area contributed by atoms with E-state index in [9.17, 15) is 4.39 Å². The molecule has 0 aliphatic rings. The molecule has 0 bridgehead atoms. The van der Waals surface area contributed by atoms with E-state index in [1.54, 1.807) is 6.07 Å². The fourth-order valence-electron chi connectivity index (χ4n) is 1.49. The van der Waals surface area contributed by atoms with Gasteiger partial charge in [-0.3, -0.25) is 0 Å². The van der Waals surface area contributed by atoms with E-state index in [-0.39, 0.29) is 5.82 Å². The second-order valence-electron chi connectivity index (χ2n) is 4.08. The Morgan fingerprint density at radius 3 is 2.59 bits per heavy atom. The van der Waals surface area contributed by atoms with Crippen LogP contribution >= 0.6 is 22.9 Å². The summed E-state index contributed by atoms with van der Waals surface area (Å²) in [6.07, 6.45) is 0. The number of hydrogen-bond donors (Lipinski definition) is 1. The minimum absolute atomic E-state index is 0.306. The van der Waals surface area contributed by atoms with Crippen molar-refractivity contribution in [3.63, 3.8) is 0 Å². The summed E-state index contributed by atoms with van der Waals surface area (Å²) in [5, 5.41) is 1.88. The van der Waals surface area contributed by atoms with E-state index < -0.39 is 0 Å². The molecule has 1 heterocycles. The number of nitrogens with two attached hydrogens (primary N) is 1. The summed E-state index contributed by atoms with van der Waals surface area (Å²) in [6.45, 7) is 4.08. The van der Waals surface area contributed by atoms with Crippen LogP contribution in [0.15, 0.2) is 18.2 Å². The van der Waals surface area contributed by atoms with Crippen LogP contribution in [0.4, 0.5) is 9.39 Å². The van der Waals surface area contributed by atoms with Gasteiger partial charge in [-0.1, -0.05) is 25.4 Å². The molecule has 0 aliphatic heterocycles. The number of thiazole rings is 1. The number of aromatic nitrogens is 1. The van der Waals surface area contributed by atoms with Crippen LogP contribution in [0.1, 0.15) is 24.8 Å². The van der Waals surface area contributed by atoms with Crippen molar-refractivity contribution in [2.75, 3.05) is 5.73 Å². The lowest BCUT2D eigenvalue weighted by Gasteiger charge is -2.00. The Bertz CT molecular complexity index is 531. The Labute approximate surface area is 108 Å². The van der Waals surface area contributed by atoms with Gasteiger partial charge in [0.2, 0.25) is 0 Å². The molecule has 1 aromatic heterocycles. The first-order valence-electron chi connectivity index (χ1n) is 5.20. The predicted octanol–water partition coefficient (Wildman–Crippen LogP) is 4.31. The largest absolute Gasteiger partial charge is 0.389 e. The average molecular weight is 271 g/mol. The smallest absolute Gasteiger partial charge is 0.125 e. The highest BCUT2D eigenvalue weighted by Crippen LogP contribution is 2.34. The van der Waals surface area contributed by atoms with Crippen LogP contribution in [0.2, 0.25) is 5.02 Å². The molecular formula is C12H12ClFN2S. The number of rotatable bonds is 2. The zero-order chi connectivity index (χ0) is 12.6. The number of nitrogens with zero attached hydrogens (tertiary/aromatic N) is 1. The Kier molecular flexibility index (Phi) is 3.35. The van der Waals surface area contributed by atoms with Gasteiger partial charge in [0.05, 0.1) is 5.01 Å². The molecule has 0 unspecified atom stereocenters. The molecule has 0 spiro atoms. The van der Waals surface area contributed by atoms with E-state index in [1.807, 2.05) is 13.8 Å². The van der Waals surface area contributed by atoms with Gasteiger partial charge in [0, 0.05) is 16.5 Å². The number of benzene rings is 1. The van der Waals surface area contributed by atoms with Crippen molar-refractivity contribution in [3.8, 4) is 11.3 Å². The van der Waals surface area contributed by atoms with Crippen molar-refractivity contribution < 1.29 is 4.39 Å². The van der Waals surface area contributed by atoms with E-state index in [0.717, 1.165) is 5.01 Å². The van der Waals surface area contributed by atoms with Crippen molar-refractivity contribution in [2.24, 2.45) is 0 Å². The molecule has 0 radical (unpaired) electrons. The number of nitrogen functional groups attached to an aromatic ring is 1. The van der Waals surface area contributed by atoms with Crippen molar-refractivity contribution in [3.05, 3.63) is 34.0 Å². The molecule has 2 N–H and O–H groups in total. The third kappa shape index (κ3) is 2.58. The first-order chi connectivity index (χ1) is 7.97. The highest BCUT2D eigenvalue weighted by atomic mass is 35.5. The third-order valence-corrected chi connectivity index (χ3v) is 3.70. The fraction of sp³-hybridized carbons (Fsp3) is 0.250. The van der Waals surface area contributed by atoms with Gasteiger partial charge in [-0.25, -0.2) is 9.37 Å². The van der Waals surface area contributed by atoms with Gasteiger partial charge in [0.15, 0.2) is 0 Å². The van der Waals surface area contributed by atoms with Crippen molar-refractivity contribution >= 4 is 27.9 Å². The molecule has 1 aromatic carbocycles. The molecule has 5 heteroatoms. The molecule has 0 fully saturated rings. The van der Waals surface area contributed by atoms with E-state index in [0.29, 0.717) is 27.2 Å². The maximum Gasteiger partial charge on any atom is 0.125 e. The molecule has 17 heavy (non-hydrogen) atoms. The van der Waals surface area contributed by atoms with Gasteiger partial charge in [-0.05, 0) is 18.2 Å². The highest BCUT2D eigenvalue weighted by molar-refractivity contribution is 7.16. The van der Waals surface area contributed by atoms with Gasteiger partial charge in [0.1, 0.15) is 16.5 Å². The summed E-state index contributed by atoms with van der Waals surface area (Å²) in [5.74, 6) is -0.0777. The minimum atomic E-state index is -0.383. The topological polar surface area (TPSA) is 38.9 Å². The van der Waals surface area contributed by atoms with E-state index >= 15 is 0 Å². The standard InChI is InChI=1S/C12H12ClFN2S/c1-6(2)12-16-10(11(15)17-12)7-3-8(13)5-9(14)4-7/h3-6H,15H2,1-2H3. The normalized spacial score (nSPS) is 11.1. The van der Waals surface area contributed by atoms with E-state index in [2.05, 4.69) is 4.98 Å². The SMILES string of the molecule is CC(C)c1nc(-c2cc(F)cc(Cl)c2)c(N)s1. The summed E-state index contributed by atoms with van der Waals surface area (Å²) in [6, 6.07) is 4.32. The molecule has 2 rings (SSSR count). The second-order valence-corrected chi connectivity index (χ2v) is 5.58. The van der Waals surface area contributed by atoms with Crippen LogP contribution in [0, 0.1) is 5.82 Å². The number of anilines is 1.